The monoisotopic (exact) mass is 628 g/mol. The Morgan fingerprint density at radius 3 is 2.07 bits per heavy atom. The zero-order chi connectivity index (χ0) is 33.2. The topological polar surface area (TPSA) is 252 Å². The van der Waals surface area contributed by atoms with Crippen LogP contribution in [0.3, 0.4) is 0 Å². The van der Waals surface area contributed by atoms with Crippen LogP contribution in [-0.4, -0.2) is 113 Å². The first-order valence-corrected chi connectivity index (χ1v) is 13.6. The lowest BCUT2D eigenvalue weighted by atomic mass is 9.67. The summed E-state index contributed by atoms with van der Waals surface area (Å²) in [5, 5.41) is 95.0. The molecule has 4 rings (SSSR count). The maximum atomic E-state index is 14.2. The Balaban J connectivity index is 1.98. The van der Waals surface area contributed by atoms with Gasteiger partial charge in [0.2, 0.25) is 17.2 Å². The van der Waals surface area contributed by atoms with Gasteiger partial charge in [-0.1, -0.05) is 30.3 Å². The average molecular weight is 629 g/mol. The summed E-state index contributed by atoms with van der Waals surface area (Å²) in [6.45, 7) is -0.977. The molecule has 1 fully saturated rings. The first kappa shape index (κ1) is 33.3. The van der Waals surface area contributed by atoms with Gasteiger partial charge < -0.3 is 55.4 Å². The standard InChI is InChI=1S/C31H32O14/c1-44-21(36)12-18(15-5-9-17(34)10-6-15)22-25(38)23(19(35)11-4-14-2-7-16(33)8-3-14)29(42)31(43,28(22)41)30-27(40)26(39)24(37)20(13-32)45-30/h2-11,18,20,24,26-27,30,32-35,37-40,43H,12-13H2,1H3/b11-4+,23-19-/t18-,20+,24+,26-,27+,30+,31?/m0/s1. The van der Waals surface area contributed by atoms with E-state index in [1.54, 1.807) is 0 Å². The van der Waals surface area contributed by atoms with Crippen LogP contribution >= 0.6 is 0 Å². The van der Waals surface area contributed by atoms with Gasteiger partial charge in [0.25, 0.3) is 0 Å². The molecule has 0 bridgehead atoms. The van der Waals surface area contributed by atoms with Crippen LogP contribution in [0.4, 0.5) is 0 Å². The van der Waals surface area contributed by atoms with Crippen LogP contribution in [0.1, 0.15) is 23.5 Å². The van der Waals surface area contributed by atoms with Crippen molar-refractivity contribution < 1.29 is 69.8 Å². The number of aliphatic hydroxyl groups excluding tert-OH is 6. The Labute approximate surface area is 255 Å². The Kier molecular flexibility index (Phi) is 9.77. The summed E-state index contributed by atoms with van der Waals surface area (Å²) >= 11 is 0. The van der Waals surface area contributed by atoms with Crippen molar-refractivity contribution in [3.63, 3.8) is 0 Å². The van der Waals surface area contributed by atoms with E-state index in [-0.39, 0.29) is 17.1 Å². The van der Waals surface area contributed by atoms with Crippen molar-refractivity contribution in [3.8, 4) is 11.5 Å². The lowest BCUT2D eigenvalue weighted by molar-refractivity contribution is -0.260. The summed E-state index contributed by atoms with van der Waals surface area (Å²) < 4.78 is 10.1. The summed E-state index contributed by atoms with van der Waals surface area (Å²) in [7, 11) is 1.05. The molecule has 9 N–H and O–H groups in total. The smallest absolute Gasteiger partial charge is 0.306 e. The van der Waals surface area contributed by atoms with Crippen molar-refractivity contribution >= 4 is 23.6 Å². The van der Waals surface area contributed by atoms with Gasteiger partial charge in [-0.2, -0.15) is 0 Å². The normalized spacial score (nSPS) is 29.2. The number of hydrogen-bond acceptors (Lipinski definition) is 14. The van der Waals surface area contributed by atoms with Crippen LogP contribution in [0, 0.1) is 0 Å². The van der Waals surface area contributed by atoms with E-state index >= 15 is 0 Å². The second-order valence-electron chi connectivity index (χ2n) is 10.5. The van der Waals surface area contributed by atoms with Crippen molar-refractivity contribution in [2.24, 2.45) is 0 Å². The number of rotatable bonds is 8. The van der Waals surface area contributed by atoms with Gasteiger partial charge in [-0.05, 0) is 41.5 Å². The molecular formula is C31H32O14. The van der Waals surface area contributed by atoms with Gasteiger partial charge >= 0.3 is 5.97 Å². The summed E-state index contributed by atoms with van der Waals surface area (Å²) in [6, 6.07) is 10.5. The van der Waals surface area contributed by atoms with Crippen molar-refractivity contribution in [2.45, 2.75) is 48.5 Å². The van der Waals surface area contributed by atoms with Gasteiger partial charge in [-0.25, -0.2) is 0 Å². The minimum Gasteiger partial charge on any atom is -0.508 e. The van der Waals surface area contributed by atoms with Crippen molar-refractivity contribution in [1.29, 1.82) is 0 Å². The Morgan fingerprint density at radius 1 is 0.933 bits per heavy atom. The molecule has 1 aliphatic heterocycles. The number of allylic oxidation sites excluding steroid dienone is 2. The summed E-state index contributed by atoms with van der Waals surface area (Å²) in [5.74, 6) is -8.04. The number of aliphatic hydroxyl groups is 7. The molecule has 2 aromatic rings. The molecule has 0 saturated carbocycles. The third-order valence-electron chi connectivity index (χ3n) is 7.79. The molecule has 0 spiro atoms. The van der Waals surface area contributed by atoms with Gasteiger partial charge in [-0.3, -0.25) is 14.4 Å². The van der Waals surface area contributed by atoms with Gasteiger partial charge in [0.15, 0.2) is 0 Å². The molecule has 2 aromatic carbocycles. The van der Waals surface area contributed by atoms with E-state index in [0.29, 0.717) is 5.56 Å². The van der Waals surface area contributed by atoms with E-state index in [9.17, 15) is 60.3 Å². The largest absolute Gasteiger partial charge is 0.508 e. The van der Waals surface area contributed by atoms with Gasteiger partial charge in [0.1, 0.15) is 59.1 Å². The minimum absolute atomic E-state index is 0.0589. The van der Waals surface area contributed by atoms with E-state index in [0.717, 1.165) is 13.2 Å². The number of ether oxygens (including phenoxy) is 2. The highest BCUT2D eigenvalue weighted by atomic mass is 16.6. The summed E-state index contributed by atoms with van der Waals surface area (Å²) in [6.07, 6.45) is -8.87. The van der Waals surface area contributed by atoms with Crippen molar-refractivity contribution in [1.82, 2.24) is 0 Å². The van der Waals surface area contributed by atoms with Gasteiger partial charge in [0, 0.05) is 11.5 Å². The fraction of sp³-hybridized carbons (Fsp3) is 0.323. The Morgan fingerprint density at radius 2 is 1.51 bits per heavy atom. The highest BCUT2D eigenvalue weighted by molar-refractivity contribution is 6.28. The molecule has 45 heavy (non-hydrogen) atoms. The summed E-state index contributed by atoms with van der Waals surface area (Å²) in [5.41, 5.74) is -4.83. The molecule has 0 amide bonds. The summed E-state index contributed by atoms with van der Waals surface area (Å²) in [4.78, 5) is 40.6. The molecule has 1 saturated heterocycles. The van der Waals surface area contributed by atoms with Crippen LogP contribution in [-0.2, 0) is 23.9 Å². The number of phenols is 2. The number of benzene rings is 2. The molecule has 1 heterocycles. The Hall–Kier alpha value is -4.57. The predicted octanol–water partition coefficient (Wildman–Crippen LogP) is -0.193. The first-order valence-electron chi connectivity index (χ1n) is 13.6. The van der Waals surface area contributed by atoms with Crippen LogP contribution in [0.15, 0.2) is 77.3 Å². The van der Waals surface area contributed by atoms with E-state index in [1.807, 2.05) is 0 Å². The SMILES string of the molecule is COC(=O)C[C@H](C1=C(O)/C(=C(O)\C=C\c2ccc(O)cc2)C(=O)C(O)([C@@H]2O[C@H](CO)[C@@H](O)[C@H](O)[C@H]2O)C1=O)c1ccc(O)cc1. The number of Topliss-reactive ketones (excluding diaryl/α,β-unsaturated/α-hetero) is 2. The van der Waals surface area contributed by atoms with Crippen molar-refractivity contribution in [2.75, 3.05) is 13.7 Å². The first-order chi connectivity index (χ1) is 21.3. The third kappa shape index (κ3) is 6.20. The molecule has 1 unspecified atom stereocenters. The van der Waals surface area contributed by atoms with Crippen LogP contribution in [0.5, 0.6) is 11.5 Å². The molecule has 14 nitrogen and oxygen atoms in total. The zero-order valence-electron chi connectivity index (χ0n) is 23.7. The van der Waals surface area contributed by atoms with Gasteiger partial charge in [0.05, 0.1) is 20.1 Å². The second kappa shape index (κ2) is 13.2. The highest BCUT2D eigenvalue weighted by Crippen LogP contribution is 2.44. The van der Waals surface area contributed by atoms with E-state index < -0.39 is 95.3 Å². The van der Waals surface area contributed by atoms with Crippen molar-refractivity contribution in [3.05, 3.63) is 88.4 Å². The zero-order valence-corrected chi connectivity index (χ0v) is 23.7. The maximum Gasteiger partial charge on any atom is 0.306 e. The highest BCUT2D eigenvalue weighted by Gasteiger charge is 2.64. The van der Waals surface area contributed by atoms with E-state index in [2.05, 4.69) is 0 Å². The fourth-order valence-electron chi connectivity index (χ4n) is 5.30. The van der Waals surface area contributed by atoms with Gasteiger partial charge in [-0.15, -0.1) is 0 Å². The molecular weight excluding hydrogens is 596 g/mol. The molecule has 14 heteroatoms. The lowest BCUT2D eigenvalue weighted by Crippen LogP contribution is -2.71. The maximum absolute atomic E-state index is 14.2. The number of aromatic hydroxyl groups is 2. The molecule has 7 atom stereocenters. The van der Waals surface area contributed by atoms with E-state index in [4.69, 9.17) is 9.47 Å². The predicted molar refractivity (Wildman–Crippen MR) is 153 cm³/mol. The number of carbonyl (C=O) groups is 3. The lowest BCUT2D eigenvalue weighted by Gasteiger charge is -2.47. The van der Waals surface area contributed by atoms with E-state index in [1.165, 1.54) is 54.6 Å². The number of phenolic OH excluding ortho intramolecular Hbond substituents is 2. The van der Waals surface area contributed by atoms with Crippen LogP contribution < -0.4 is 0 Å². The number of ketones is 2. The average Bonchev–Trinajstić information content (AvgIpc) is 3.02. The molecule has 0 radical (unpaired) electrons. The van der Waals surface area contributed by atoms with Crippen LogP contribution in [0.2, 0.25) is 0 Å². The number of hydrogen-bond donors (Lipinski definition) is 9. The molecule has 240 valence electrons. The third-order valence-corrected chi connectivity index (χ3v) is 7.79. The minimum atomic E-state index is -3.50. The number of esters is 1. The second-order valence-corrected chi connectivity index (χ2v) is 10.5. The number of carbonyl (C=O) groups excluding carboxylic acids is 3. The molecule has 1 aliphatic carbocycles. The quantitative estimate of drug-likeness (QED) is 0.0795. The van der Waals surface area contributed by atoms with Crippen LogP contribution in [0.25, 0.3) is 6.08 Å². The molecule has 0 aromatic heterocycles. The fourth-order valence-corrected chi connectivity index (χ4v) is 5.30. The Bertz CT molecular complexity index is 1540. The molecule has 2 aliphatic rings. The number of methoxy groups -OCH3 is 1.